The van der Waals surface area contributed by atoms with Gasteiger partial charge in [0.15, 0.2) is 0 Å². The number of urea groups is 1. The largest absolute Gasteiger partial charge is 0.360 e. The Hall–Kier alpha value is -1.70. The maximum atomic E-state index is 11.1. The lowest BCUT2D eigenvalue weighted by atomic mass is 10.1. The second kappa shape index (κ2) is 6.90. The van der Waals surface area contributed by atoms with Gasteiger partial charge in [-0.2, -0.15) is 4.37 Å². The van der Waals surface area contributed by atoms with Gasteiger partial charge < -0.3 is 11.1 Å². The van der Waals surface area contributed by atoms with Crippen molar-refractivity contribution in [1.29, 1.82) is 0 Å². The van der Waals surface area contributed by atoms with Crippen molar-refractivity contribution in [2.45, 2.75) is 26.7 Å². The van der Waals surface area contributed by atoms with Gasteiger partial charge in [0.25, 0.3) is 0 Å². The molecule has 0 aliphatic heterocycles. The van der Waals surface area contributed by atoms with E-state index in [0.29, 0.717) is 17.6 Å². The fourth-order valence-corrected chi connectivity index (χ4v) is 1.88. The lowest BCUT2D eigenvalue weighted by molar-refractivity contribution is -0.119. The fraction of sp³-hybridized carbons (Fsp3) is 0.600. The first-order valence-corrected chi connectivity index (χ1v) is 6.40. The Kier molecular flexibility index (Phi) is 5.50. The first-order chi connectivity index (χ1) is 8.47. The third kappa shape index (κ3) is 5.58. The summed E-state index contributed by atoms with van der Waals surface area (Å²) in [5.74, 6) is 0.898. The molecule has 1 heterocycles. The minimum Gasteiger partial charge on any atom is -0.360 e. The van der Waals surface area contributed by atoms with E-state index < -0.39 is 11.9 Å². The van der Waals surface area contributed by atoms with Gasteiger partial charge in [-0.15, -0.1) is 0 Å². The van der Waals surface area contributed by atoms with Gasteiger partial charge in [0.2, 0.25) is 11.0 Å². The summed E-state index contributed by atoms with van der Waals surface area (Å²) in [6.45, 7) is 4.58. The van der Waals surface area contributed by atoms with E-state index in [2.05, 4.69) is 28.5 Å². The molecule has 7 nitrogen and oxygen atoms in total. The van der Waals surface area contributed by atoms with E-state index in [4.69, 9.17) is 5.73 Å². The average Bonchev–Trinajstić information content (AvgIpc) is 2.63. The molecule has 0 fully saturated rings. The smallest absolute Gasteiger partial charge is 0.318 e. The number of aromatic nitrogens is 2. The number of primary amides is 1. The van der Waals surface area contributed by atoms with Crippen LogP contribution >= 0.6 is 11.5 Å². The molecule has 0 radical (unpaired) electrons. The number of anilines is 1. The number of amides is 3. The first kappa shape index (κ1) is 14.4. The van der Waals surface area contributed by atoms with Crippen molar-refractivity contribution < 1.29 is 9.59 Å². The maximum Gasteiger partial charge on any atom is 0.318 e. The number of hydrogen-bond donors (Lipinski definition) is 3. The molecule has 1 aromatic rings. The van der Waals surface area contributed by atoms with Crippen molar-refractivity contribution in [3.8, 4) is 0 Å². The molecule has 0 aliphatic carbocycles. The van der Waals surface area contributed by atoms with E-state index in [1.165, 1.54) is 11.5 Å². The molecule has 8 heteroatoms. The van der Waals surface area contributed by atoms with E-state index in [0.717, 1.165) is 12.2 Å². The SMILES string of the molecule is CC(C)Cc1nsc(NCCC(=O)NC(N)=O)n1. The monoisotopic (exact) mass is 271 g/mol. The molecule has 0 saturated carbocycles. The molecule has 18 heavy (non-hydrogen) atoms. The lowest BCUT2D eigenvalue weighted by Gasteiger charge is -2.01. The highest BCUT2D eigenvalue weighted by atomic mass is 32.1. The molecule has 0 bridgehead atoms. The molecule has 0 saturated heterocycles. The number of rotatable bonds is 6. The number of carbonyl (C=O) groups is 2. The van der Waals surface area contributed by atoms with Gasteiger partial charge in [0.05, 0.1) is 0 Å². The summed E-state index contributed by atoms with van der Waals surface area (Å²) in [6.07, 6.45) is 0.988. The molecule has 0 aliphatic rings. The molecule has 0 spiro atoms. The summed E-state index contributed by atoms with van der Waals surface area (Å²) < 4.78 is 4.20. The number of nitrogens with one attached hydrogen (secondary N) is 2. The normalized spacial score (nSPS) is 10.4. The van der Waals surface area contributed by atoms with Crippen molar-refractivity contribution in [2.24, 2.45) is 11.7 Å². The Balaban J connectivity index is 2.29. The first-order valence-electron chi connectivity index (χ1n) is 5.63. The predicted octanol–water partition coefficient (Wildman–Crippen LogP) is 0.734. The molecule has 0 unspecified atom stereocenters. The lowest BCUT2D eigenvalue weighted by Crippen LogP contribution is -2.35. The molecule has 4 N–H and O–H groups in total. The highest BCUT2D eigenvalue weighted by Gasteiger charge is 2.07. The number of imide groups is 1. The molecule has 0 atom stereocenters. The highest BCUT2D eigenvalue weighted by Crippen LogP contribution is 2.13. The van der Waals surface area contributed by atoms with Crippen molar-refractivity contribution in [2.75, 3.05) is 11.9 Å². The fourth-order valence-electron chi connectivity index (χ4n) is 1.26. The second-order valence-electron chi connectivity index (χ2n) is 4.20. The maximum absolute atomic E-state index is 11.1. The van der Waals surface area contributed by atoms with E-state index in [1.54, 1.807) is 0 Å². The Bertz CT molecular complexity index is 418. The summed E-state index contributed by atoms with van der Waals surface area (Å²) >= 11 is 1.26. The molecule has 3 amide bonds. The topological polar surface area (TPSA) is 110 Å². The van der Waals surface area contributed by atoms with Crippen LogP contribution in [0.25, 0.3) is 0 Å². The van der Waals surface area contributed by atoms with Crippen molar-refractivity contribution in [1.82, 2.24) is 14.7 Å². The number of nitrogens with zero attached hydrogens (tertiary/aromatic N) is 2. The van der Waals surface area contributed by atoms with Gasteiger partial charge in [-0.1, -0.05) is 13.8 Å². The van der Waals surface area contributed by atoms with Gasteiger partial charge in [-0.05, 0) is 5.92 Å². The van der Waals surface area contributed by atoms with E-state index in [-0.39, 0.29) is 6.42 Å². The summed E-state index contributed by atoms with van der Waals surface area (Å²) in [5, 5.41) is 5.64. The Labute approximate surface area is 109 Å². The molecular weight excluding hydrogens is 254 g/mol. The van der Waals surface area contributed by atoms with Gasteiger partial charge in [0.1, 0.15) is 5.82 Å². The zero-order valence-electron chi connectivity index (χ0n) is 10.4. The van der Waals surface area contributed by atoms with Crippen molar-refractivity contribution in [3.05, 3.63) is 5.82 Å². The van der Waals surface area contributed by atoms with Crippen LogP contribution in [0.2, 0.25) is 0 Å². The quantitative estimate of drug-likeness (QED) is 0.706. The highest BCUT2D eigenvalue weighted by molar-refractivity contribution is 7.09. The van der Waals surface area contributed by atoms with Crippen LogP contribution in [-0.2, 0) is 11.2 Å². The van der Waals surface area contributed by atoms with Crippen LogP contribution in [0.5, 0.6) is 0 Å². The molecule has 0 aromatic carbocycles. The summed E-state index contributed by atoms with van der Waals surface area (Å²) in [5.41, 5.74) is 4.81. The van der Waals surface area contributed by atoms with Crippen LogP contribution in [0.4, 0.5) is 9.93 Å². The number of nitrogens with two attached hydrogens (primary N) is 1. The third-order valence-electron chi connectivity index (χ3n) is 1.95. The summed E-state index contributed by atoms with van der Waals surface area (Å²) in [4.78, 5) is 25.8. The predicted molar refractivity (Wildman–Crippen MR) is 69.3 cm³/mol. The molecule has 1 aromatic heterocycles. The Morgan fingerprint density at radius 1 is 1.44 bits per heavy atom. The zero-order chi connectivity index (χ0) is 13.5. The van der Waals surface area contributed by atoms with Gasteiger partial charge >= 0.3 is 6.03 Å². The number of carbonyl (C=O) groups excluding carboxylic acids is 2. The van der Waals surface area contributed by atoms with Crippen LogP contribution in [0.1, 0.15) is 26.1 Å². The van der Waals surface area contributed by atoms with E-state index in [1.807, 2.05) is 5.32 Å². The van der Waals surface area contributed by atoms with Crippen LogP contribution in [0.3, 0.4) is 0 Å². The minimum atomic E-state index is -0.838. The van der Waals surface area contributed by atoms with Crippen LogP contribution in [-0.4, -0.2) is 27.8 Å². The van der Waals surface area contributed by atoms with E-state index >= 15 is 0 Å². The number of hydrogen-bond acceptors (Lipinski definition) is 6. The van der Waals surface area contributed by atoms with Gasteiger partial charge in [-0.3, -0.25) is 10.1 Å². The minimum absolute atomic E-state index is 0.155. The van der Waals surface area contributed by atoms with Crippen molar-refractivity contribution >= 4 is 28.6 Å². The molecule has 100 valence electrons. The Morgan fingerprint density at radius 2 is 2.17 bits per heavy atom. The van der Waals surface area contributed by atoms with Crippen molar-refractivity contribution in [3.63, 3.8) is 0 Å². The Morgan fingerprint density at radius 3 is 2.78 bits per heavy atom. The molecular formula is C10H17N5O2S. The van der Waals surface area contributed by atoms with E-state index in [9.17, 15) is 9.59 Å². The average molecular weight is 271 g/mol. The summed E-state index contributed by atoms with van der Waals surface area (Å²) in [6, 6.07) is -0.838. The van der Waals surface area contributed by atoms with Gasteiger partial charge in [-0.25, -0.2) is 9.78 Å². The standard InChI is InChI=1S/C10H17N5O2S/c1-6(2)5-7-13-10(18-15-7)12-4-3-8(16)14-9(11)17/h6H,3-5H2,1-2H3,(H,12,13,15)(H3,11,14,16,17). The molecule has 1 rings (SSSR count). The van der Waals surface area contributed by atoms with Crippen LogP contribution < -0.4 is 16.4 Å². The summed E-state index contributed by atoms with van der Waals surface area (Å²) in [7, 11) is 0. The zero-order valence-corrected chi connectivity index (χ0v) is 11.2. The third-order valence-corrected chi connectivity index (χ3v) is 2.66. The van der Waals surface area contributed by atoms with Crippen LogP contribution in [0, 0.1) is 5.92 Å². The van der Waals surface area contributed by atoms with Gasteiger partial charge in [0, 0.05) is 30.9 Å². The second-order valence-corrected chi connectivity index (χ2v) is 4.95. The van der Waals surface area contributed by atoms with Crippen LogP contribution in [0.15, 0.2) is 0 Å².